The number of ether oxygens (including phenoxy) is 1. The number of esters is 1. The molecule has 0 unspecified atom stereocenters. The number of nitrogens with one attached hydrogen (secondary N) is 1. The lowest BCUT2D eigenvalue weighted by atomic mass is 10.4. The monoisotopic (exact) mass is 169 g/mol. The number of aromatic amines is 1. The van der Waals surface area contributed by atoms with Crippen molar-refractivity contribution >= 4 is 11.8 Å². The van der Waals surface area contributed by atoms with E-state index in [-0.39, 0.29) is 12.4 Å². The van der Waals surface area contributed by atoms with Gasteiger partial charge in [-0.3, -0.25) is 9.89 Å². The molecule has 0 saturated carbocycles. The molecule has 0 aliphatic heterocycles. The molecule has 0 saturated heterocycles. The third-order valence-electron chi connectivity index (χ3n) is 1.09. The molecule has 64 valence electrons. The maximum atomic E-state index is 11.0. The molecular weight excluding hydrogens is 162 g/mol. The van der Waals surface area contributed by atoms with E-state index >= 15 is 0 Å². The molecule has 0 aliphatic rings. The minimum atomic E-state index is -0.922. The Kier molecular flexibility index (Phi) is 2.52. The third kappa shape index (κ3) is 1.66. The summed E-state index contributed by atoms with van der Waals surface area (Å²) < 4.78 is 4.45. The van der Waals surface area contributed by atoms with Crippen LogP contribution in [0.1, 0.15) is 17.5 Å². The van der Waals surface area contributed by atoms with Gasteiger partial charge in [0.1, 0.15) is 6.33 Å². The van der Waals surface area contributed by atoms with Gasteiger partial charge in [0.25, 0.3) is 0 Å². The lowest BCUT2D eigenvalue weighted by molar-refractivity contribution is -0.137. The molecule has 12 heavy (non-hydrogen) atoms. The quantitative estimate of drug-likeness (QED) is 0.376. The van der Waals surface area contributed by atoms with Crippen LogP contribution in [-0.4, -0.2) is 33.5 Å². The summed E-state index contributed by atoms with van der Waals surface area (Å²) in [5, 5.41) is 5.69. The fourth-order valence-corrected chi connectivity index (χ4v) is 0.608. The van der Waals surface area contributed by atoms with Crippen LogP contribution >= 0.6 is 0 Å². The van der Waals surface area contributed by atoms with Gasteiger partial charge in [0, 0.05) is 0 Å². The average Bonchev–Trinajstić information content (AvgIpc) is 2.55. The number of rotatable bonds is 3. The van der Waals surface area contributed by atoms with Crippen LogP contribution in [0.5, 0.6) is 0 Å². The van der Waals surface area contributed by atoms with E-state index in [0.717, 1.165) is 6.33 Å². The molecule has 0 aliphatic carbocycles. The summed E-state index contributed by atoms with van der Waals surface area (Å²) in [6.45, 7) is 1.78. The molecule has 1 aromatic heterocycles. The van der Waals surface area contributed by atoms with Crippen LogP contribution in [0.15, 0.2) is 6.33 Å². The SMILES string of the molecule is CCOC(=O)C(=O)c1ncn[nH]1. The van der Waals surface area contributed by atoms with Gasteiger partial charge in [-0.25, -0.2) is 9.78 Å². The number of carbonyl (C=O) groups is 2. The van der Waals surface area contributed by atoms with Crippen molar-refractivity contribution in [2.24, 2.45) is 0 Å². The molecule has 0 amide bonds. The highest BCUT2D eigenvalue weighted by Crippen LogP contribution is 1.91. The van der Waals surface area contributed by atoms with Crippen LogP contribution in [0.25, 0.3) is 0 Å². The maximum absolute atomic E-state index is 11.0. The van der Waals surface area contributed by atoms with Gasteiger partial charge in [-0.05, 0) is 6.92 Å². The van der Waals surface area contributed by atoms with E-state index in [4.69, 9.17) is 0 Å². The van der Waals surface area contributed by atoms with Gasteiger partial charge < -0.3 is 4.74 Å². The fraction of sp³-hybridized carbons (Fsp3) is 0.333. The first-order chi connectivity index (χ1) is 5.75. The molecule has 0 radical (unpaired) electrons. The van der Waals surface area contributed by atoms with Crippen LogP contribution in [0.2, 0.25) is 0 Å². The van der Waals surface area contributed by atoms with Gasteiger partial charge in [-0.15, -0.1) is 0 Å². The number of nitrogens with zero attached hydrogens (tertiary/aromatic N) is 2. The van der Waals surface area contributed by atoms with Crippen molar-refractivity contribution in [1.82, 2.24) is 15.2 Å². The Morgan fingerprint density at radius 2 is 2.42 bits per heavy atom. The van der Waals surface area contributed by atoms with Gasteiger partial charge in [-0.2, -0.15) is 5.10 Å². The number of carbonyl (C=O) groups excluding carboxylic acids is 2. The Labute approximate surface area is 67.9 Å². The van der Waals surface area contributed by atoms with E-state index in [1.807, 2.05) is 0 Å². The van der Waals surface area contributed by atoms with Crippen LogP contribution in [-0.2, 0) is 9.53 Å². The van der Waals surface area contributed by atoms with E-state index in [1.165, 1.54) is 0 Å². The van der Waals surface area contributed by atoms with Crippen molar-refractivity contribution in [3.8, 4) is 0 Å². The highest BCUT2D eigenvalue weighted by Gasteiger charge is 2.19. The molecular formula is C6H7N3O3. The fourth-order valence-electron chi connectivity index (χ4n) is 0.608. The minimum absolute atomic E-state index is 0.103. The first-order valence-corrected chi connectivity index (χ1v) is 3.32. The van der Waals surface area contributed by atoms with Crippen LogP contribution in [0.3, 0.4) is 0 Å². The number of H-pyrrole nitrogens is 1. The number of hydrogen-bond donors (Lipinski definition) is 1. The van der Waals surface area contributed by atoms with Crippen molar-refractivity contribution in [3.05, 3.63) is 12.2 Å². The molecule has 1 rings (SSSR count). The van der Waals surface area contributed by atoms with Crippen molar-refractivity contribution < 1.29 is 14.3 Å². The van der Waals surface area contributed by atoms with E-state index in [2.05, 4.69) is 19.9 Å². The zero-order valence-corrected chi connectivity index (χ0v) is 6.40. The minimum Gasteiger partial charge on any atom is -0.460 e. The average molecular weight is 169 g/mol. The number of aromatic nitrogens is 3. The van der Waals surface area contributed by atoms with Crippen LogP contribution in [0, 0.1) is 0 Å². The maximum Gasteiger partial charge on any atom is 0.383 e. The summed E-state index contributed by atoms with van der Waals surface area (Å²) in [7, 11) is 0. The largest absolute Gasteiger partial charge is 0.460 e. The summed E-state index contributed by atoms with van der Waals surface area (Å²) in [6, 6.07) is 0. The van der Waals surface area contributed by atoms with Gasteiger partial charge in [-0.1, -0.05) is 0 Å². The van der Waals surface area contributed by atoms with Gasteiger partial charge in [0.2, 0.25) is 5.82 Å². The molecule has 1 aromatic rings. The Bertz CT molecular complexity index is 280. The molecule has 0 atom stereocenters. The lowest BCUT2D eigenvalue weighted by Crippen LogP contribution is -2.18. The summed E-state index contributed by atoms with van der Waals surface area (Å²) >= 11 is 0. The normalized spacial score (nSPS) is 9.42. The summed E-state index contributed by atoms with van der Waals surface area (Å²) in [5.41, 5.74) is 0. The number of Topliss-reactive ketones (excluding diaryl/α,β-unsaturated/α-hetero) is 1. The second-order valence-electron chi connectivity index (χ2n) is 1.88. The summed E-state index contributed by atoms with van der Waals surface area (Å²) in [6.07, 6.45) is 1.15. The molecule has 0 fully saturated rings. The topological polar surface area (TPSA) is 84.9 Å². The Balaban J connectivity index is 2.66. The molecule has 1 heterocycles. The second kappa shape index (κ2) is 3.61. The van der Waals surface area contributed by atoms with Crippen molar-refractivity contribution in [2.75, 3.05) is 6.61 Å². The van der Waals surface area contributed by atoms with Crippen LogP contribution < -0.4 is 0 Å². The highest BCUT2D eigenvalue weighted by atomic mass is 16.5. The Morgan fingerprint density at radius 1 is 1.67 bits per heavy atom. The van der Waals surface area contributed by atoms with E-state index in [1.54, 1.807) is 6.92 Å². The zero-order valence-electron chi connectivity index (χ0n) is 6.40. The summed E-state index contributed by atoms with van der Waals surface area (Å²) in [5.74, 6) is -1.84. The van der Waals surface area contributed by atoms with Crippen LogP contribution in [0.4, 0.5) is 0 Å². The molecule has 0 bridgehead atoms. The number of hydrogen-bond acceptors (Lipinski definition) is 5. The van der Waals surface area contributed by atoms with E-state index < -0.39 is 11.8 Å². The second-order valence-corrected chi connectivity index (χ2v) is 1.88. The highest BCUT2D eigenvalue weighted by molar-refractivity contribution is 6.39. The predicted molar refractivity (Wildman–Crippen MR) is 37.3 cm³/mol. The standard InChI is InChI=1S/C6H7N3O3/c1-2-12-6(11)4(10)5-7-3-8-9-5/h3H,2H2,1H3,(H,7,8,9). The van der Waals surface area contributed by atoms with Gasteiger partial charge in [0.15, 0.2) is 0 Å². The Morgan fingerprint density at radius 3 is 2.92 bits per heavy atom. The molecule has 0 aromatic carbocycles. The Hall–Kier alpha value is -1.72. The van der Waals surface area contributed by atoms with E-state index in [9.17, 15) is 9.59 Å². The number of ketones is 1. The first-order valence-electron chi connectivity index (χ1n) is 3.32. The molecule has 6 heteroatoms. The third-order valence-corrected chi connectivity index (χ3v) is 1.09. The molecule has 0 spiro atoms. The van der Waals surface area contributed by atoms with Gasteiger partial charge >= 0.3 is 11.8 Å². The van der Waals surface area contributed by atoms with E-state index in [0.29, 0.717) is 0 Å². The zero-order chi connectivity index (χ0) is 8.97. The lowest BCUT2D eigenvalue weighted by Gasteiger charge is -1.95. The van der Waals surface area contributed by atoms with Crippen molar-refractivity contribution in [3.63, 3.8) is 0 Å². The first kappa shape index (κ1) is 8.38. The molecule has 6 nitrogen and oxygen atoms in total. The van der Waals surface area contributed by atoms with Crippen molar-refractivity contribution in [1.29, 1.82) is 0 Å². The molecule has 1 N–H and O–H groups in total. The smallest absolute Gasteiger partial charge is 0.383 e. The van der Waals surface area contributed by atoms with Gasteiger partial charge in [0.05, 0.1) is 6.61 Å². The summed E-state index contributed by atoms with van der Waals surface area (Å²) in [4.78, 5) is 25.3. The van der Waals surface area contributed by atoms with Crippen molar-refractivity contribution in [2.45, 2.75) is 6.92 Å². The predicted octanol–water partition coefficient (Wildman–Crippen LogP) is -0.449.